The van der Waals surface area contributed by atoms with Crippen LogP contribution in [0, 0.1) is 0 Å². The summed E-state index contributed by atoms with van der Waals surface area (Å²) in [5.74, 6) is -0.1000. The van der Waals surface area contributed by atoms with Crippen LogP contribution in [0.25, 0.3) is 0 Å². The van der Waals surface area contributed by atoms with E-state index in [4.69, 9.17) is 45.6 Å². The fourth-order valence-corrected chi connectivity index (χ4v) is 0.858. The van der Waals surface area contributed by atoms with Gasteiger partial charge in [0.2, 0.25) is 0 Å². The van der Waals surface area contributed by atoms with Crippen molar-refractivity contribution < 1.29 is 9.90 Å². The summed E-state index contributed by atoms with van der Waals surface area (Å²) in [5.41, 5.74) is 5.19. The first-order valence-electron chi connectivity index (χ1n) is 3.31. The lowest BCUT2D eigenvalue weighted by Crippen LogP contribution is -2.30. The van der Waals surface area contributed by atoms with Crippen LogP contribution in [-0.4, -0.2) is 33.4 Å². The van der Waals surface area contributed by atoms with Crippen LogP contribution in [0.4, 0.5) is 0 Å². The number of halogens is 3. The lowest BCUT2D eigenvalue weighted by molar-refractivity contribution is -0.138. The third kappa shape index (κ3) is 19.2. The first kappa shape index (κ1) is 16.1. The Morgan fingerprint density at radius 3 is 2.15 bits per heavy atom. The van der Waals surface area contributed by atoms with Crippen molar-refractivity contribution in [1.82, 2.24) is 0 Å². The minimum Gasteiger partial charge on any atom is -0.480 e. The summed E-state index contributed by atoms with van der Waals surface area (Å²) in [6, 6.07) is -0.683. The molecule has 0 saturated heterocycles. The van der Waals surface area contributed by atoms with Crippen LogP contribution < -0.4 is 5.73 Å². The summed E-state index contributed by atoms with van der Waals surface area (Å²) in [6.45, 7) is 0. The number of carbonyl (C=O) groups is 1. The maximum absolute atomic E-state index is 10.1. The Balaban J connectivity index is 0. The van der Waals surface area contributed by atoms with E-state index in [1.165, 1.54) is 0 Å². The monoisotopic (exact) mass is 267 g/mol. The number of carboxylic acids is 1. The fraction of sp³-hybridized carbons (Fsp3) is 0.833. The SMILES string of the molecule is CSCC[C@H](N)C(=O)O.ClC(Cl)Cl. The van der Waals surface area contributed by atoms with Crippen molar-refractivity contribution in [3.8, 4) is 0 Å². The molecular formula is C6H12Cl3NO2S. The lowest BCUT2D eigenvalue weighted by Gasteiger charge is -2.02. The Hall–Kier alpha value is 0.650. The maximum atomic E-state index is 10.1. The highest BCUT2D eigenvalue weighted by molar-refractivity contribution is 7.98. The Bertz CT molecular complexity index is 134. The Labute approximate surface area is 96.9 Å². The van der Waals surface area contributed by atoms with E-state index in [-0.39, 0.29) is 0 Å². The van der Waals surface area contributed by atoms with Gasteiger partial charge in [-0.05, 0) is 18.4 Å². The third-order valence-corrected chi connectivity index (χ3v) is 1.59. The average molecular weight is 269 g/mol. The van der Waals surface area contributed by atoms with Crippen LogP contribution in [0.3, 0.4) is 0 Å². The number of nitrogens with two attached hydrogens (primary N) is 1. The van der Waals surface area contributed by atoms with E-state index < -0.39 is 16.3 Å². The predicted octanol–water partition coefficient (Wildman–Crippen LogP) is 2.14. The molecule has 13 heavy (non-hydrogen) atoms. The van der Waals surface area contributed by atoms with Crippen molar-refractivity contribution in [2.75, 3.05) is 12.0 Å². The van der Waals surface area contributed by atoms with Crippen molar-refractivity contribution in [1.29, 1.82) is 0 Å². The molecule has 0 aliphatic rings. The van der Waals surface area contributed by atoms with Crippen LogP contribution in [0.1, 0.15) is 6.42 Å². The highest BCUT2D eigenvalue weighted by Crippen LogP contribution is 2.03. The molecule has 0 aromatic rings. The van der Waals surface area contributed by atoms with Gasteiger partial charge in [0.25, 0.3) is 0 Å². The minimum atomic E-state index is -0.913. The molecule has 0 amide bonds. The predicted molar refractivity (Wildman–Crippen MR) is 60.0 cm³/mol. The van der Waals surface area contributed by atoms with Crippen LogP contribution in [-0.2, 0) is 4.79 Å². The number of hydrogen-bond acceptors (Lipinski definition) is 3. The van der Waals surface area contributed by atoms with Crippen LogP contribution in [0.5, 0.6) is 0 Å². The van der Waals surface area contributed by atoms with Crippen molar-refractivity contribution >= 4 is 52.5 Å². The summed E-state index contributed by atoms with van der Waals surface area (Å²) >= 11 is 16.0. The summed E-state index contributed by atoms with van der Waals surface area (Å²) in [5, 5.41) is 8.27. The number of thioether (sulfide) groups is 1. The average Bonchev–Trinajstić information content (AvgIpc) is 1.98. The molecule has 0 spiro atoms. The van der Waals surface area contributed by atoms with E-state index in [0.29, 0.717) is 6.42 Å². The number of alkyl halides is 3. The van der Waals surface area contributed by atoms with Crippen LogP contribution >= 0.6 is 46.6 Å². The van der Waals surface area contributed by atoms with Crippen molar-refractivity contribution in [3.63, 3.8) is 0 Å². The van der Waals surface area contributed by atoms with Gasteiger partial charge >= 0.3 is 5.97 Å². The topological polar surface area (TPSA) is 63.3 Å². The van der Waals surface area contributed by atoms with Gasteiger partial charge in [-0.3, -0.25) is 4.79 Å². The van der Waals surface area contributed by atoms with Crippen molar-refractivity contribution in [2.24, 2.45) is 5.73 Å². The van der Waals surface area contributed by atoms with Crippen LogP contribution in [0.2, 0.25) is 0 Å². The minimum absolute atomic E-state index is 0.552. The van der Waals surface area contributed by atoms with Gasteiger partial charge in [0.15, 0.2) is 4.30 Å². The summed E-state index contributed by atoms with van der Waals surface area (Å²) < 4.78 is -0.750. The van der Waals surface area contributed by atoms with E-state index in [1.807, 2.05) is 6.26 Å². The first-order chi connectivity index (χ1) is 5.91. The second-order valence-electron chi connectivity index (χ2n) is 1.97. The number of aliphatic carboxylic acids is 1. The molecule has 0 fully saturated rings. The standard InChI is InChI=1S/C5H11NO2S.CHCl3/c1-9-3-2-4(6)5(7)8;2-1(3)4/h4H,2-3,6H2,1H3,(H,7,8);1H/t4-;/m0./s1. The normalized spacial score (nSPS) is 11.8. The molecule has 0 rings (SSSR count). The zero-order chi connectivity index (χ0) is 10.9. The van der Waals surface area contributed by atoms with Gasteiger partial charge in [-0.2, -0.15) is 11.8 Å². The van der Waals surface area contributed by atoms with E-state index in [9.17, 15) is 4.79 Å². The Morgan fingerprint density at radius 1 is 1.54 bits per heavy atom. The second-order valence-corrected chi connectivity index (χ2v) is 4.94. The maximum Gasteiger partial charge on any atom is 0.320 e. The van der Waals surface area contributed by atoms with Gasteiger partial charge in [-0.1, -0.05) is 34.8 Å². The number of rotatable bonds is 4. The molecule has 0 radical (unpaired) electrons. The quantitative estimate of drug-likeness (QED) is 0.767. The van der Waals surface area contributed by atoms with E-state index in [2.05, 4.69) is 0 Å². The zero-order valence-corrected chi connectivity index (χ0v) is 10.1. The molecular weight excluding hydrogens is 256 g/mol. The van der Waals surface area contributed by atoms with Gasteiger partial charge in [-0.15, -0.1) is 0 Å². The van der Waals surface area contributed by atoms with Crippen molar-refractivity contribution in [3.05, 3.63) is 0 Å². The van der Waals surface area contributed by atoms with Crippen LogP contribution in [0.15, 0.2) is 0 Å². The molecule has 0 heterocycles. The van der Waals surface area contributed by atoms with Gasteiger partial charge in [0.1, 0.15) is 6.04 Å². The number of carboxylic acid groups (broad SMARTS) is 1. The highest BCUT2D eigenvalue weighted by atomic mass is 35.6. The molecule has 0 aromatic carbocycles. The van der Waals surface area contributed by atoms with Gasteiger partial charge in [-0.25, -0.2) is 0 Å². The fourth-order valence-electron chi connectivity index (χ4n) is 0.368. The van der Waals surface area contributed by atoms with E-state index in [1.54, 1.807) is 11.8 Å². The largest absolute Gasteiger partial charge is 0.480 e. The summed E-state index contributed by atoms with van der Waals surface area (Å²) in [7, 11) is 0. The molecule has 3 nitrogen and oxygen atoms in total. The Kier molecular flexibility index (Phi) is 13.3. The molecule has 80 valence electrons. The van der Waals surface area contributed by atoms with Gasteiger partial charge in [0, 0.05) is 0 Å². The molecule has 0 unspecified atom stereocenters. The van der Waals surface area contributed by atoms with Gasteiger partial charge in [0.05, 0.1) is 0 Å². The van der Waals surface area contributed by atoms with E-state index in [0.717, 1.165) is 5.75 Å². The molecule has 1 atom stereocenters. The lowest BCUT2D eigenvalue weighted by atomic mass is 10.2. The third-order valence-electron chi connectivity index (χ3n) is 0.950. The number of hydrogen-bond donors (Lipinski definition) is 2. The molecule has 0 aliphatic carbocycles. The zero-order valence-electron chi connectivity index (χ0n) is 7.04. The molecule has 0 saturated carbocycles. The molecule has 3 N–H and O–H groups in total. The van der Waals surface area contributed by atoms with Crippen molar-refractivity contribution in [2.45, 2.75) is 16.8 Å². The second kappa shape index (κ2) is 10.7. The molecule has 0 aromatic heterocycles. The van der Waals surface area contributed by atoms with E-state index >= 15 is 0 Å². The highest BCUT2D eigenvalue weighted by Gasteiger charge is 2.08. The first-order valence-corrected chi connectivity index (χ1v) is 6.01. The molecule has 0 bridgehead atoms. The molecule has 7 heteroatoms. The smallest absolute Gasteiger partial charge is 0.320 e. The molecule has 0 aliphatic heterocycles. The summed E-state index contributed by atoms with van der Waals surface area (Å²) in [6.07, 6.45) is 2.48. The Morgan fingerprint density at radius 2 is 1.92 bits per heavy atom. The summed E-state index contributed by atoms with van der Waals surface area (Å²) in [4.78, 5) is 10.1. The van der Waals surface area contributed by atoms with Gasteiger partial charge < -0.3 is 10.8 Å².